The summed E-state index contributed by atoms with van der Waals surface area (Å²) in [5, 5.41) is 8.96. The van der Waals surface area contributed by atoms with Crippen LogP contribution in [-0.4, -0.2) is 42.9 Å². The molecule has 1 rings (SSSR count). The van der Waals surface area contributed by atoms with Gasteiger partial charge in [0.2, 0.25) is 0 Å². The lowest BCUT2D eigenvalue weighted by Crippen LogP contribution is -2.35. The molecule has 16 heavy (non-hydrogen) atoms. The van der Waals surface area contributed by atoms with Crippen LogP contribution in [0.25, 0.3) is 0 Å². The average molecular weight is 224 g/mol. The minimum atomic E-state index is 0.162. The van der Waals surface area contributed by atoms with Gasteiger partial charge in [-0.15, -0.1) is 0 Å². The molecule has 0 saturated heterocycles. The zero-order chi connectivity index (χ0) is 12.0. The van der Waals surface area contributed by atoms with Gasteiger partial charge >= 0.3 is 0 Å². The number of aliphatic hydroxyl groups excluding tert-OH is 1. The van der Waals surface area contributed by atoms with Gasteiger partial charge in [0, 0.05) is 18.3 Å². The van der Waals surface area contributed by atoms with Gasteiger partial charge in [0.25, 0.3) is 0 Å². The fourth-order valence-electron chi connectivity index (χ4n) is 1.23. The molecule has 0 aliphatic rings. The van der Waals surface area contributed by atoms with E-state index in [9.17, 15) is 0 Å². The van der Waals surface area contributed by atoms with Gasteiger partial charge in [0.15, 0.2) is 0 Å². The van der Waals surface area contributed by atoms with Gasteiger partial charge in [-0.1, -0.05) is 0 Å². The smallest absolute Gasteiger partial charge is 0.119 e. The Hall–Kier alpha value is -1.26. The highest BCUT2D eigenvalue weighted by molar-refractivity contribution is 5.41. The van der Waals surface area contributed by atoms with Crippen molar-refractivity contribution >= 4 is 5.69 Å². The predicted octanol–water partition coefficient (Wildman–Crippen LogP) is 0.960. The summed E-state index contributed by atoms with van der Waals surface area (Å²) in [5.41, 5.74) is 6.30. The second kappa shape index (κ2) is 6.35. The van der Waals surface area contributed by atoms with Crippen molar-refractivity contribution in [3.63, 3.8) is 0 Å². The van der Waals surface area contributed by atoms with Crippen molar-refractivity contribution in [3.8, 4) is 5.75 Å². The summed E-state index contributed by atoms with van der Waals surface area (Å²) >= 11 is 0. The molecule has 0 aliphatic carbocycles. The van der Waals surface area contributed by atoms with Gasteiger partial charge in [0.1, 0.15) is 12.4 Å². The summed E-state index contributed by atoms with van der Waals surface area (Å²) in [6.07, 6.45) is 0. The van der Waals surface area contributed by atoms with E-state index in [1.54, 1.807) is 0 Å². The first-order chi connectivity index (χ1) is 7.63. The summed E-state index contributed by atoms with van der Waals surface area (Å²) in [6, 6.07) is 7.50. The Balaban J connectivity index is 2.27. The molecule has 0 spiro atoms. The molecular formula is C12H20N2O2. The zero-order valence-corrected chi connectivity index (χ0v) is 9.89. The van der Waals surface area contributed by atoms with Crippen molar-refractivity contribution < 1.29 is 9.84 Å². The SMILES string of the molecule is CC(CO)N(C)CCOc1ccc(N)cc1. The van der Waals surface area contributed by atoms with Crippen LogP contribution in [0.1, 0.15) is 6.92 Å². The summed E-state index contributed by atoms with van der Waals surface area (Å²) in [6.45, 7) is 3.53. The quantitative estimate of drug-likeness (QED) is 0.707. The van der Waals surface area contributed by atoms with Crippen molar-refractivity contribution in [2.24, 2.45) is 0 Å². The van der Waals surface area contributed by atoms with E-state index in [0.717, 1.165) is 18.0 Å². The summed E-state index contributed by atoms with van der Waals surface area (Å²) < 4.78 is 5.55. The molecule has 1 aromatic carbocycles. The minimum absolute atomic E-state index is 0.162. The Morgan fingerprint density at radius 2 is 2.00 bits per heavy atom. The molecule has 4 nitrogen and oxygen atoms in total. The number of rotatable bonds is 6. The summed E-state index contributed by atoms with van der Waals surface area (Å²) in [7, 11) is 1.97. The number of benzene rings is 1. The third-order valence-corrected chi connectivity index (χ3v) is 2.61. The van der Waals surface area contributed by atoms with Crippen molar-refractivity contribution in [2.45, 2.75) is 13.0 Å². The van der Waals surface area contributed by atoms with Crippen molar-refractivity contribution in [3.05, 3.63) is 24.3 Å². The number of ether oxygens (including phenoxy) is 1. The number of nitrogen functional groups attached to an aromatic ring is 1. The molecule has 1 atom stereocenters. The first-order valence-electron chi connectivity index (χ1n) is 5.43. The molecule has 1 unspecified atom stereocenters. The van der Waals surface area contributed by atoms with E-state index in [0.29, 0.717) is 6.61 Å². The predicted molar refractivity (Wildman–Crippen MR) is 65.5 cm³/mol. The summed E-state index contributed by atoms with van der Waals surface area (Å²) in [4.78, 5) is 2.05. The van der Waals surface area contributed by atoms with Gasteiger partial charge in [-0.05, 0) is 38.2 Å². The van der Waals surface area contributed by atoms with E-state index < -0.39 is 0 Å². The highest BCUT2D eigenvalue weighted by atomic mass is 16.5. The van der Waals surface area contributed by atoms with Crippen LogP contribution in [0.5, 0.6) is 5.75 Å². The number of nitrogens with two attached hydrogens (primary N) is 1. The normalized spacial score (nSPS) is 12.8. The standard InChI is InChI=1S/C12H20N2O2/c1-10(9-15)14(2)7-8-16-12-5-3-11(13)4-6-12/h3-6,10,15H,7-9,13H2,1-2H3. The highest BCUT2D eigenvalue weighted by Gasteiger charge is 2.06. The van der Waals surface area contributed by atoms with Gasteiger partial charge in [-0.3, -0.25) is 4.90 Å². The van der Waals surface area contributed by atoms with Crippen LogP contribution in [0, 0.1) is 0 Å². The largest absolute Gasteiger partial charge is 0.492 e. The number of aliphatic hydroxyl groups is 1. The number of anilines is 1. The molecule has 0 heterocycles. The lowest BCUT2D eigenvalue weighted by atomic mass is 10.3. The van der Waals surface area contributed by atoms with Crippen LogP contribution in [0.4, 0.5) is 5.69 Å². The van der Waals surface area contributed by atoms with Gasteiger partial charge in [-0.2, -0.15) is 0 Å². The fraction of sp³-hybridized carbons (Fsp3) is 0.500. The Bertz CT molecular complexity index is 300. The molecule has 90 valence electrons. The Morgan fingerprint density at radius 3 is 2.56 bits per heavy atom. The maximum absolute atomic E-state index is 8.96. The molecule has 0 aromatic heterocycles. The molecule has 3 N–H and O–H groups in total. The van der Waals surface area contributed by atoms with Crippen molar-refractivity contribution in [1.29, 1.82) is 0 Å². The van der Waals surface area contributed by atoms with Gasteiger partial charge in [0.05, 0.1) is 6.61 Å². The third kappa shape index (κ3) is 4.08. The van der Waals surface area contributed by atoms with Crippen LogP contribution in [0.2, 0.25) is 0 Å². The Kier molecular flexibility index (Phi) is 5.08. The lowest BCUT2D eigenvalue weighted by molar-refractivity contribution is 0.140. The number of nitrogens with zero attached hydrogens (tertiary/aromatic N) is 1. The number of hydrogen-bond donors (Lipinski definition) is 2. The molecule has 0 aliphatic heterocycles. The van der Waals surface area contributed by atoms with E-state index in [1.165, 1.54) is 0 Å². The Morgan fingerprint density at radius 1 is 1.38 bits per heavy atom. The van der Waals surface area contributed by atoms with E-state index in [1.807, 2.05) is 38.2 Å². The highest BCUT2D eigenvalue weighted by Crippen LogP contribution is 2.12. The van der Waals surface area contributed by atoms with Crippen LogP contribution >= 0.6 is 0 Å². The molecular weight excluding hydrogens is 204 g/mol. The molecule has 0 saturated carbocycles. The number of hydrogen-bond acceptors (Lipinski definition) is 4. The lowest BCUT2D eigenvalue weighted by Gasteiger charge is -2.22. The summed E-state index contributed by atoms with van der Waals surface area (Å²) in [5.74, 6) is 0.819. The monoisotopic (exact) mass is 224 g/mol. The zero-order valence-electron chi connectivity index (χ0n) is 9.89. The first-order valence-corrected chi connectivity index (χ1v) is 5.43. The number of likely N-dealkylation sites (N-methyl/N-ethyl adjacent to an activating group) is 1. The average Bonchev–Trinajstić information content (AvgIpc) is 2.30. The van der Waals surface area contributed by atoms with Crippen LogP contribution in [-0.2, 0) is 0 Å². The van der Waals surface area contributed by atoms with Gasteiger partial charge in [-0.25, -0.2) is 0 Å². The van der Waals surface area contributed by atoms with Gasteiger partial charge < -0.3 is 15.6 Å². The maximum Gasteiger partial charge on any atom is 0.119 e. The minimum Gasteiger partial charge on any atom is -0.492 e. The topological polar surface area (TPSA) is 58.7 Å². The molecule has 0 radical (unpaired) electrons. The van der Waals surface area contributed by atoms with E-state index >= 15 is 0 Å². The fourth-order valence-corrected chi connectivity index (χ4v) is 1.23. The van der Waals surface area contributed by atoms with Crippen molar-refractivity contribution in [2.75, 3.05) is 32.5 Å². The molecule has 4 heteroatoms. The second-order valence-electron chi connectivity index (χ2n) is 3.93. The second-order valence-corrected chi connectivity index (χ2v) is 3.93. The maximum atomic E-state index is 8.96. The molecule has 0 amide bonds. The van der Waals surface area contributed by atoms with Crippen LogP contribution in [0.3, 0.4) is 0 Å². The van der Waals surface area contributed by atoms with Crippen LogP contribution in [0.15, 0.2) is 24.3 Å². The molecule has 0 fully saturated rings. The molecule has 1 aromatic rings. The third-order valence-electron chi connectivity index (χ3n) is 2.61. The first kappa shape index (κ1) is 12.8. The van der Waals surface area contributed by atoms with E-state index in [2.05, 4.69) is 4.90 Å². The van der Waals surface area contributed by atoms with E-state index in [4.69, 9.17) is 15.6 Å². The molecule has 0 bridgehead atoms. The van der Waals surface area contributed by atoms with E-state index in [-0.39, 0.29) is 12.6 Å². The van der Waals surface area contributed by atoms with Crippen molar-refractivity contribution in [1.82, 2.24) is 4.90 Å². The van der Waals surface area contributed by atoms with Crippen LogP contribution < -0.4 is 10.5 Å². The Labute approximate surface area is 96.6 Å².